The molecule has 2 aromatic rings. The molecular formula is C19H20N2O5. The Morgan fingerprint density at radius 2 is 2.00 bits per heavy atom. The van der Waals surface area contributed by atoms with E-state index in [4.69, 9.17) is 13.9 Å². The molecule has 2 amide bonds. The number of ether oxygens (including phenoxy) is 2. The summed E-state index contributed by atoms with van der Waals surface area (Å²) in [4.78, 5) is 26.6. The molecule has 7 heteroatoms. The van der Waals surface area contributed by atoms with Gasteiger partial charge in [0.05, 0.1) is 12.8 Å². The zero-order chi connectivity index (χ0) is 17.9. The molecule has 1 aromatic carbocycles. The molecule has 7 nitrogen and oxygen atoms in total. The van der Waals surface area contributed by atoms with E-state index in [1.54, 1.807) is 17.0 Å². The Morgan fingerprint density at radius 1 is 1.15 bits per heavy atom. The largest absolute Gasteiger partial charge is 0.486 e. The molecule has 0 spiro atoms. The molecule has 0 bridgehead atoms. The van der Waals surface area contributed by atoms with Crippen LogP contribution in [0, 0.1) is 0 Å². The zero-order valence-corrected chi connectivity index (χ0v) is 14.2. The van der Waals surface area contributed by atoms with Crippen LogP contribution in [0.1, 0.15) is 23.4 Å². The van der Waals surface area contributed by atoms with Gasteiger partial charge in [-0.25, -0.2) is 0 Å². The van der Waals surface area contributed by atoms with E-state index in [2.05, 4.69) is 5.32 Å². The Balaban J connectivity index is 1.34. The highest BCUT2D eigenvalue weighted by Crippen LogP contribution is 2.30. The first-order valence-electron chi connectivity index (χ1n) is 8.73. The lowest BCUT2D eigenvalue weighted by atomic mass is 10.2. The normalized spacial score (nSPS) is 21.5. The summed E-state index contributed by atoms with van der Waals surface area (Å²) in [5, 5.41) is 2.89. The molecule has 2 aliphatic heterocycles. The van der Waals surface area contributed by atoms with E-state index in [0.717, 1.165) is 6.42 Å². The van der Waals surface area contributed by atoms with Crippen LogP contribution >= 0.6 is 0 Å². The van der Waals surface area contributed by atoms with Gasteiger partial charge in [0.1, 0.15) is 18.8 Å². The van der Waals surface area contributed by atoms with Gasteiger partial charge in [-0.05, 0) is 37.1 Å². The van der Waals surface area contributed by atoms with Crippen LogP contribution in [0.15, 0.2) is 47.1 Å². The molecule has 1 aromatic heterocycles. The van der Waals surface area contributed by atoms with Gasteiger partial charge >= 0.3 is 0 Å². The maximum atomic E-state index is 12.6. The fraction of sp³-hybridized carbons (Fsp3) is 0.368. The van der Waals surface area contributed by atoms with Crippen LogP contribution in [0.2, 0.25) is 0 Å². The molecule has 26 heavy (non-hydrogen) atoms. The molecule has 0 saturated carbocycles. The molecule has 1 fully saturated rings. The Labute approximate surface area is 150 Å². The lowest BCUT2D eigenvalue weighted by Crippen LogP contribution is -2.49. The number of hydrogen-bond donors (Lipinski definition) is 1. The number of carbonyl (C=O) groups is 2. The van der Waals surface area contributed by atoms with Crippen LogP contribution in [0.4, 0.5) is 0 Å². The molecule has 1 N–H and O–H groups in total. The number of rotatable bonds is 4. The number of hydrogen-bond acceptors (Lipinski definition) is 5. The van der Waals surface area contributed by atoms with Gasteiger partial charge in [0.2, 0.25) is 5.91 Å². The Bertz CT molecular complexity index is 789. The summed E-state index contributed by atoms with van der Waals surface area (Å²) in [7, 11) is 0. The maximum absolute atomic E-state index is 12.6. The first kappa shape index (κ1) is 16.5. The second-order valence-electron chi connectivity index (χ2n) is 6.38. The molecule has 1 saturated heterocycles. The van der Waals surface area contributed by atoms with Gasteiger partial charge in [0.25, 0.3) is 5.91 Å². The quantitative estimate of drug-likeness (QED) is 0.904. The summed E-state index contributed by atoms with van der Waals surface area (Å²) in [5.74, 6) is 1.21. The Kier molecular flexibility index (Phi) is 4.51. The molecule has 2 aliphatic rings. The van der Waals surface area contributed by atoms with Gasteiger partial charge in [-0.1, -0.05) is 12.1 Å². The average Bonchev–Trinajstić information content (AvgIpc) is 3.37. The van der Waals surface area contributed by atoms with E-state index in [1.807, 2.05) is 24.3 Å². The van der Waals surface area contributed by atoms with Gasteiger partial charge in [0.15, 0.2) is 17.3 Å². The predicted octanol–water partition coefficient (Wildman–Crippen LogP) is 1.84. The Hall–Kier alpha value is -2.96. The molecule has 3 heterocycles. The summed E-state index contributed by atoms with van der Waals surface area (Å²) in [5.41, 5.74) is 0. The fourth-order valence-electron chi connectivity index (χ4n) is 3.32. The van der Waals surface area contributed by atoms with Crippen LogP contribution in [-0.4, -0.2) is 48.6 Å². The maximum Gasteiger partial charge on any atom is 0.290 e. The smallest absolute Gasteiger partial charge is 0.290 e. The summed E-state index contributed by atoms with van der Waals surface area (Å²) < 4.78 is 16.7. The molecule has 0 aliphatic carbocycles. The Morgan fingerprint density at radius 3 is 2.81 bits per heavy atom. The van der Waals surface area contributed by atoms with Crippen LogP contribution in [0.5, 0.6) is 11.5 Å². The molecule has 2 unspecified atom stereocenters. The first-order chi connectivity index (χ1) is 12.7. The number of benzene rings is 1. The number of amides is 2. The van der Waals surface area contributed by atoms with Crippen LogP contribution in [-0.2, 0) is 4.79 Å². The number of nitrogens with zero attached hydrogens (tertiary/aromatic N) is 1. The van der Waals surface area contributed by atoms with Gasteiger partial charge in [-0.3, -0.25) is 9.59 Å². The van der Waals surface area contributed by atoms with Crippen LogP contribution in [0.3, 0.4) is 0 Å². The minimum Gasteiger partial charge on any atom is -0.486 e. The standard InChI is InChI=1S/C19H20N2O5/c22-18(14-5-3-9-21(14)19(23)17-8-4-10-24-17)20-11-13-12-25-15-6-1-2-7-16(15)26-13/h1-2,4,6-8,10,13-14H,3,5,9,11-12H2,(H,20,22). The summed E-state index contributed by atoms with van der Waals surface area (Å²) in [6.45, 7) is 1.25. The number of likely N-dealkylation sites (tertiary alicyclic amines) is 1. The van der Waals surface area contributed by atoms with Crippen molar-refractivity contribution in [2.75, 3.05) is 19.7 Å². The third kappa shape index (κ3) is 3.24. The van der Waals surface area contributed by atoms with Crippen molar-refractivity contribution in [1.82, 2.24) is 10.2 Å². The van der Waals surface area contributed by atoms with Gasteiger partial charge in [-0.15, -0.1) is 0 Å². The molecule has 0 radical (unpaired) electrons. The monoisotopic (exact) mass is 356 g/mol. The molecule has 2 atom stereocenters. The lowest BCUT2D eigenvalue weighted by molar-refractivity contribution is -0.125. The fourth-order valence-corrected chi connectivity index (χ4v) is 3.32. The van der Waals surface area contributed by atoms with E-state index in [0.29, 0.717) is 37.6 Å². The number of carbonyl (C=O) groups excluding carboxylic acids is 2. The number of furan rings is 1. The number of nitrogens with one attached hydrogen (secondary N) is 1. The molecule has 4 rings (SSSR count). The topological polar surface area (TPSA) is 81.0 Å². The van der Waals surface area contributed by atoms with Crippen molar-refractivity contribution in [3.05, 3.63) is 48.4 Å². The van der Waals surface area contributed by atoms with E-state index in [-0.39, 0.29) is 23.7 Å². The first-order valence-corrected chi connectivity index (χ1v) is 8.73. The van der Waals surface area contributed by atoms with Crippen molar-refractivity contribution in [3.8, 4) is 11.5 Å². The highest BCUT2D eigenvalue weighted by Gasteiger charge is 2.35. The van der Waals surface area contributed by atoms with E-state index in [1.165, 1.54) is 6.26 Å². The minimum atomic E-state index is -0.482. The molecular weight excluding hydrogens is 336 g/mol. The van der Waals surface area contributed by atoms with Crippen molar-refractivity contribution in [3.63, 3.8) is 0 Å². The van der Waals surface area contributed by atoms with Crippen LogP contribution in [0.25, 0.3) is 0 Å². The van der Waals surface area contributed by atoms with E-state index >= 15 is 0 Å². The van der Waals surface area contributed by atoms with E-state index < -0.39 is 6.04 Å². The van der Waals surface area contributed by atoms with Crippen LogP contribution < -0.4 is 14.8 Å². The zero-order valence-electron chi connectivity index (χ0n) is 14.2. The van der Waals surface area contributed by atoms with Crippen molar-refractivity contribution < 1.29 is 23.5 Å². The summed E-state index contributed by atoms with van der Waals surface area (Å²) in [6, 6.07) is 10.2. The second kappa shape index (κ2) is 7.11. The van der Waals surface area contributed by atoms with Crippen molar-refractivity contribution in [1.29, 1.82) is 0 Å². The van der Waals surface area contributed by atoms with E-state index in [9.17, 15) is 9.59 Å². The highest BCUT2D eigenvalue weighted by atomic mass is 16.6. The van der Waals surface area contributed by atoms with Gasteiger partial charge in [0, 0.05) is 6.54 Å². The van der Waals surface area contributed by atoms with Gasteiger partial charge in [-0.2, -0.15) is 0 Å². The predicted molar refractivity (Wildman–Crippen MR) is 92.1 cm³/mol. The highest BCUT2D eigenvalue weighted by molar-refractivity contribution is 5.95. The van der Waals surface area contributed by atoms with Crippen molar-refractivity contribution in [2.24, 2.45) is 0 Å². The SMILES string of the molecule is O=C(NCC1COc2ccccc2O1)C1CCCN1C(=O)c1ccco1. The van der Waals surface area contributed by atoms with Crippen molar-refractivity contribution in [2.45, 2.75) is 25.0 Å². The molecule has 136 valence electrons. The summed E-state index contributed by atoms with van der Waals surface area (Å²) in [6.07, 6.45) is 2.63. The van der Waals surface area contributed by atoms with Gasteiger partial charge < -0.3 is 24.1 Å². The third-order valence-electron chi connectivity index (χ3n) is 4.62. The number of fused-ring (bicyclic) bond motifs is 1. The summed E-state index contributed by atoms with van der Waals surface area (Å²) >= 11 is 0. The third-order valence-corrected chi connectivity index (χ3v) is 4.62. The number of para-hydroxylation sites is 2. The van der Waals surface area contributed by atoms with Crippen molar-refractivity contribution >= 4 is 11.8 Å². The second-order valence-corrected chi connectivity index (χ2v) is 6.38. The average molecular weight is 356 g/mol. The lowest BCUT2D eigenvalue weighted by Gasteiger charge is -2.28. The minimum absolute atomic E-state index is 0.176.